The second kappa shape index (κ2) is 8.05. The van der Waals surface area contributed by atoms with Crippen molar-refractivity contribution in [2.45, 2.75) is 12.6 Å². The molecule has 1 amide bonds. The van der Waals surface area contributed by atoms with Crippen molar-refractivity contribution < 1.29 is 18.7 Å². The van der Waals surface area contributed by atoms with Crippen LogP contribution in [0.2, 0.25) is 0 Å². The number of nitrogens with two attached hydrogens (primary N) is 1. The van der Waals surface area contributed by atoms with Crippen molar-refractivity contribution in [1.82, 2.24) is 4.98 Å². The minimum absolute atomic E-state index is 0.0960. The van der Waals surface area contributed by atoms with Crippen molar-refractivity contribution in [1.29, 1.82) is 0 Å². The van der Waals surface area contributed by atoms with Gasteiger partial charge in [0.25, 0.3) is 5.91 Å². The van der Waals surface area contributed by atoms with Gasteiger partial charge in [-0.2, -0.15) is 0 Å². The number of nitrogens with zero attached hydrogens (tertiary/aromatic N) is 1. The van der Waals surface area contributed by atoms with Gasteiger partial charge in [-0.1, -0.05) is 12.1 Å². The van der Waals surface area contributed by atoms with Crippen LogP contribution in [0.1, 0.15) is 5.56 Å². The molecule has 4 N–H and O–H groups in total. The maximum atomic E-state index is 14.2. The molecular weight excluding hydrogens is 375 g/mol. The third-order valence-corrected chi connectivity index (χ3v) is 4.42. The molecule has 7 nitrogen and oxygen atoms in total. The molecule has 1 unspecified atom stereocenters. The number of fused-ring (bicyclic) bond motifs is 1. The van der Waals surface area contributed by atoms with E-state index in [9.17, 15) is 9.18 Å². The fourth-order valence-corrected chi connectivity index (χ4v) is 2.92. The largest absolute Gasteiger partial charge is 0.485 e. The average molecular weight is 394 g/mol. The summed E-state index contributed by atoms with van der Waals surface area (Å²) in [7, 11) is 0. The first kappa shape index (κ1) is 18.5. The molecule has 0 bridgehead atoms. The molecule has 29 heavy (non-hydrogen) atoms. The summed E-state index contributed by atoms with van der Waals surface area (Å²) in [5.41, 5.74) is 7.22. The van der Waals surface area contributed by atoms with Gasteiger partial charge in [-0.05, 0) is 42.5 Å². The Kier molecular flexibility index (Phi) is 5.15. The maximum Gasteiger partial charge on any atom is 0.269 e. The lowest BCUT2D eigenvalue weighted by molar-refractivity contribution is -0.125. The highest BCUT2D eigenvalue weighted by Gasteiger charge is 2.27. The second-order valence-corrected chi connectivity index (χ2v) is 6.45. The number of hydrogen-bond donors (Lipinski definition) is 3. The number of hydrogen-bond acceptors (Lipinski definition) is 6. The van der Waals surface area contributed by atoms with Crippen molar-refractivity contribution in [3.63, 3.8) is 0 Å². The maximum absolute atomic E-state index is 14.2. The van der Waals surface area contributed by atoms with E-state index in [1.54, 1.807) is 42.6 Å². The number of amides is 1. The van der Waals surface area contributed by atoms with E-state index >= 15 is 0 Å². The number of aromatic nitrogens is 1. The molecule has 4 rings (SSSR count). The molecule has 3 aromatic rings. The van der Waals surface area contributed by atoms with E-state index in [1.165, 1.54) is 12.1 Å². The summed E-state index contributed by atoms with van der Waals surface area (Å²) in [6, 6.07) is 15.0. The number of pyridine rings is 1. The molecule has 2 aromatic carbocycles. The van der Waals surface area contributed by atoms with Crippen molar-refractivity contribution in [3.05, 3.63) is 72.2 Å². The molecule has 0 aliphatic carbocycles. The topological polar surface area (TPSA) is 98.5 Å². The Balaban J connectivity index is 1.42. The summed E-state index contributed by atoms with van der Waals surface area (Å²) in [4.78, 5) is 16.5. The van der Waals surface area contributed by atoms with Gasteiger partial charge in [-0.3, -0.25) is 4.79 Å². The summed E-state index contributed by atoms with van der Waals surface area (Å²) in [5.74, 6) is 0.663. The number of carbonyl (C=O) groups is 1. The van der Waals surface area contributed by atoms with Gasteiger partial charge < -0.3 is 25.8 Å². The van der Waals surface area contributed by atoms with E-state index in [0.29, 0.717) is 34.3 Å². The smallest absolute Gasteiger partial charge is 0.269 e. The minimum Gasteiger partial charge on any atom is -0.485 e. The number of halogens is 1. The highest BCUT2D eigenvalue weighted by Crippen LogP contribution is 2.31. The number of carbonyl (C=O) groups excluding carboxylic acids is 1. The predicted molar refractivity (Wildman–Crippen MR) is 107 cm³/mol. The van der Waals surface area contributed by atoms with Crippen LogP contribution in [-0.2, 0) is 11.3 Å². The zero-order valence-electron chi connectivity index (χ0n) is 15.4. The molecule has 1 atom stereocenters. The van der Waals surface area contributed by atoms with Gasteiger partial charge in [-0.15, -0.1) is 0 Å². The number of nitrogen functional groups attached to an aromatic ring is 1. The van der Waals surface area contributed by atoms with E-state index < -0.39 is 11.9 Å². The van der Waals surface area contributed by atoms with Crippen LogP contribution in [0.3, 0.4) is 0 Å². The van der Waals surface area contributed by atoms with Gasteiger partial charge in [0.15, 0.2) is 11.5 Å². The molecule has 0 radical (unpaired) electrons. The zero-order valence-corrected chi connectivity index (χ0v) is 15.4. The van der Waals surface area contributed by atoms with Crippen LogP contribution in [0.15, 0.2) is 60.8 Å². The zero-order chi connectivity index (χ0) is 20.2. The number of rotatable bonds is 5. The second-order valence-electron chi connectivity index (χ2n) is 6.45. The first-order valence-electron chi connectivity index (χ1n) is 9.02. The summed E-state index contributed by atoms with van der Waals surface area (Å²) >= 11 is 0. The van der Waals surface area contributed by atoms with Gasteiger partial charge in [0.1, 0.15) is 18.2 Å². The van der Waals surface area contributed by atoms with Crippen LogP contribution >= 0.6 is 0 Å². The van der Waals surface area contributed by atoms with Crippen molar-refractivity contribution in [3.8, 4) is 11.5 Å². The SMILES string of the molecule is Nc1ncccc1NCc1cc(NC(=O)C2COc3ccccc3O2)ccc1F. The molecule has 1 aliphatic rings. The Morgan fingerprint density at radius 2 is 2.00 bits per heavy atom. The third-order valence-electron chi connectivity index (χ3n) is 4.42. The number of para-hydroxylation sites is 2. The molecule has 0 spiro atoms. The van der Waals surface area contributed by atoms with E-state index in [0.717, 1.165) is 0 Å². The minimum atomic E-state index is -0.799. The molecule has 0 saturated carbocycles. The first-order chi connectivity index (χ1) is 14.1. The molecule has 148 valence electrons. The molecule has 1 aromatic heterocycles. The van der Waals surface area contributed by atoms with E-state index in [4.69, 9.17) is 15.2 Å². The van der Waals surface area contributed by atoms with Crippen LogP contribution in [0.5, 0.6) is 11.5 Å². The summed E-state index contributed by atoms with van der Waals surface area (Å²) in [6.45, 7) is 0.278. The fourth-order valence-electron chi connectivity index (χ4n) is 2.92. The molecule has 2 heterocycles. The molecule has 0 saturated heterocycles. The highest BCUT2D eigenvalue weighted by molar-refractivity contribution is 5.94. The third kappa shape index (κ3) is 4.21. The predicted octanol–water partition coefficient (Wildman–Crippen LogP) is 3.19. The van der Waals surface area contributed by atoms with Crippen LogP contribution in [0, 0.1) is 5.82 Å². The standard InChI is InChI=1S/C21H19FN4O3/c22-15-8-7-14(10-13(15)11-25-16-4-3-9-24-20(16)23)26-21(27)19-12-28-17-5-1-2-6-18(17)29-19/h1-10,19,25H,11-12H2,(H2,23,24)(H,26,27). The van der Waals surface area contributed by atoms with Crippen molar-refractivity contribution in [2.24, 2.45) is 0 Å². The summed E-state index contributed by atoms with van der Waals surface area (Å²) in [5, 5.41) is 5.78. The Labute approximate surface area is 166 Å². The molecular formula is C21H19FN4O3. The van der Waals surface area contributed by atoms with Crippen molar-refractivity contribution >= 4 is 23.1 Å². The lowest BCUT2D eigenvalue weighted by Gasteiger charge is -2.25. The van der Waals surface area contributed by atoms with Gasteiger partial charge >= 0.3 is 0 Å². The highest BCUT2D eigenvalue weighted by atomic mass is 19.1. The number of ether oxygens (including phenoxy) is 2. The monoisotopic (exact) mass is 394 g/mol. The Hall–Kier alpha value is -3.81. The Morgan fingerprint density at radius 3 is 2.83 bits per heavy atom. The van der Waals surface area contributed by atoms with Crippen molar-refractivity contribution in [2.75, 3.05) is 23.0 Å². The summed E-state index contributed by atoms with van der Waals surface area (Å²) in [6.07, 6.45) is 0.777. The number of anilines is 3. The first-order valence-corrected chi connectivity index (χ1v) is 9.02. The average Bonchev–Trinajstić information content (AvgIpc) is 2.74. The van der Waals surface area contributed by atoms with E-state index in [1.807, 2.05) is 6.07 Å². The van der Waals surface area contributed by atoms with Crippen LogP contribution < -0.4 is 25.8 Å². The number of nitrogens with one attached hydrogen (secondary N) is 2. The Bertz CT molecular complexity index is 1040. The van der Waals surface area contributed by atoms with Crippen LogP contribution in [0.25, 0.3) is 0 Å². The molecule has 1 aliphatic heterocycles. The van der Waals surface area contributed by atoms with E-state index in [-0.39, 0.29) is 19.1 Å². The fraction of sp³-hybridized carbons (Fsp3) is 0.143. The molecule has 0 fully saturated rings. The number of benzene rings is 2. The van der Waals surface area contributed by atoms with Crippen LogP contribution in [0.4, 0.5) is 21.6 Å². The Morgan fingerprint density at radius 1 is 1.17 bits per heavy atom. The lowest BCUT2D eigenvalue weighted by atomic mass is 10.1. The quantitative estimate of drug-likeness (QED) is 0.615. The lowest BCUT2D eigenvalue weighted by Crippen LogP contribution is -2.40. The van der Waals surface area contributed by atoms with Gasteiger partial charge in [0.05, 0.1) is 5.69 Å². The molecule has 8 heteroatoms. The summed E-state index contributed by atoms with van der Waals surface area (Å²) < 4.78 is 25.4. The van der Waals surface area contributed by atoms with Gasteiger partial charge in [0.2, 0.25) is 6.10 Å². The van der Waals surface area contributed by atoms with Gasteiger partial charge in [-0.25, -0.2) is 9.37 Å². The van der Waals surface area contributed by atoms with Crippen LogP contribution in [-0.4, -0.2) is 23.6 Å². The van der Waals surface area contributed by atoms with E-state index in [2.05, 4.69) is 15.6 Å². The normalized spacial score (nSPS) is 14.9. The van der Waals surface area contributed by atoms with Gasteiger partial charge in [0, 0.05) is 24.0 Å².